The highest BCUT2D eigenvalue weighted by Crippen LogP contribution is 2.34. The number of halogens is 2. The summed E-state index contributed by atoms with van der Waals surface area (Å²) in [5.74, 6) is -2.18. The van der Waals surface area contributed by atoms with Gasteiger partial charge in [0, 0.05) is 12.8 Å². The minimum absolute atomic E-state index is 0.118. The molecule has 142 valence electrons. The average molecular weight is 384 g/mol. The summed E-state index contributed by atoms with van der Waals surface area (Å²) >= 11 is 5.39. The molecule has 1 aromatic rings. The third kappa shape index (κ3) is 3.86. The number of carbonyl (C=O) groups excluding carboxylic acids is 1. The number of carbonyl (C=O) groups is 1. The molecular formula is C18H22F2N2O3S. The van der Waals surface area contributed by atoms with Crippen LogP contribution in [-0.2, 0) is 14.3 Å². The number of esters is 1. The smallest absolute Gasteiger partial charge is 0.338 e. The van der Waals surface area contributed by atoms with Crippen LogP contribution in [0.15, 0.2) is 29.5 Å². The standard InChI is InChI=1S/C18H22F2N2O3S/c1-5-25-17(23)14-11(3)22(10(2)9-24-4)18(26)21-16(14)15-12(19)7-6-8-13(15)20/h6-8,10,16H,5,9H2,1-4H3,(H,21,26)/t10-,16+/m0/s1. The van der Waals surface area contributed by atoms with Crippen molar-refractivity contribution >= 4 is 23.3 Å². The van der Waals surface area contributed by atoms with Gasteiger partial charge in [-0.2, -0.15) is 0 Å². The van der Waals surface area contributed by atoms with Gasteiger partial charge in [0.25, 0.3) is 0 Å². The quantitative estimate of drug-likeness (QED) is 0.601. The molecule has 0 bridgehead atoms. The summed E-state index contributed by atoms with van der Waals surface area (Å²) in [5.41, 5.74) is 0.327. The van der Waals surface area contributed by atoms with Crippen LogP contribution in [0.5, 0.6) is 0 Å². The molecule has 1 N–H and O–H groups in total. The Morgan fingerprint density at radius 1 is 1.38 bits per heavy atom. The van der Waals surface area contributed by atoms with Crippen molar-refractivity contribution in [2.75, 3.05) is 20.3 Å². The summed E-state index contributed by atoms with van der Waals surface area (Å²) in [6.45, 7) is 5.71. The van der Waals surface area contributed by atoms with Crippen molar-refractivity contribution in [3.8, 4) is 0 Å². The molecule has 0 saturated heterocycles. The van der Waals surface area contributed by atoms with Crippen LogP contribution in [0.4, 0.5) is 8.78 Å². The highest BCUT2D eigenvalue weighted by atomic mass is 32.1. The van der Waals surface area contributed by atoms with Gasteiger partial charge < -0.3 is 19.7 Å². The average Bonchev–Trinajstić information content (AvgIpc) is 2.54. The maximum atomic E-state index is 14.4. The first-order chi connectivity index (χ1) is 12.3. The molecule has 8 heteroatoms. The minimum Gasteiger partial charge on any atom is -0.463 e. The molecule has 5 nitrogen and oxygen atoms in total. The Hall–Kier alpha value is -2.06. The summed E-state index contributed by atoms with van der Waals surface area (Å²) in [5, 5.41) is 3.14. The predicted molar refractivity (Wildman–Crippen MR) is 97.3 cm³/mol. The SMILES string of the molecule is CCOC(=O)C1=C(C)N([C@@H](C)COC)C(=S)N[C@H]1c1c(F)cccc1F. The van der Waals surface area contributed by atoms with E-state index in [-0.39, 0.29) is 28.9 Å². The van der Waals surface area contributed by atoms with Gasteiger partial charge in [-0.15, -0.1) is 0 Å². The molecule has 0 spiro atoms. The lowest BCUT2D eigenvalue weighted by molar-refractivity contribution is -0.139. The summed E-state index contributed by atoms with van der Waals surface area (Å²) in [6, 6.07) is 2.29. The number of allylic oxidation sites excluding steroid dienone is 1. The van der Waals surface area contributed by atoms with Crippen molar-refractivity contribution < 1.29 is 23.0 Å². The maximum Gasteiger partial charge on any atom is 0.338 e. The lowest BCUT2D eigenvalue weighted by atomic mass is 9.93. The van der Waals surface area contributed by atoms with Crippen molar-refractivity contribution in [3.05, 3.63) is 46.7 Å². The first-order valence-corrected chi connectivity index (χ1v) is 8.64. The van der Waals surface area contributed by atoms with Gasteiger partial charge in [-0.1, -0.05) is 6.07 Å². The summed E-state index contributed by atoms with van der Waals surface area (Å²) < 4.78 is 39.0. The highest BCUT2D eigenvalue weighted by molar-refractivity contribution is 7.80. The van der Waals surface area contributed by atoms with Gasteiger partial charge in [-0.3, -0.25) is 0 Å². The molecule has 0 radical (unpaired) electrons. The van der Waals surface area contributed by atoms with Gasteiger partial charge in [0.05, 0.1) is 36.4 Å². The molecule has 0 saturated carbocycles. The Morgan fingerprint density at radius 3 is 2.54 bits per heavy atom. The Kier molecular flexibility index (Phi) is 6.66. The predicted octanol–water partition coefficient (Wildman–Crippen LogP) is 3.07. The second kappa shape index (κ2) is 8.55. The van der Waals surface area contributed by atoms with Gasteiger partial charge in [0.1, 0.15) is 11.6 Å². The molecule has 26 heavy (non-hydrogen) atoms. The number of thiocarbonyl (C=S) groups is 1. The lowest BCUT2D eigenvalue weighted by Crippen LogP contribution is -2.52. The van der Waals surface area contributed by atoms with Crippen LogP contribution in [0, 0.1) is 11.6 Å². The van der Waals surface area contributed by atoms with Crippen LogP contribution in [0.25, 0.3) is 0 Å². The summed E-state index contributed by atoms with van der Waals surface area (Å²) in [4.78, 5) is 14.3. The zero-order valence-electron chi connectivity index (χ0n) is 15.1. The maximum absolute atomic E-state index is 14.4. The van der Waals surface area contributed by atoms with E-state index in [4.69, 9.17) is 21.7 Å². The largest absolute Gasteiger partial charge is 0.463 e. The van der Waals surface area contributed by atoms with Crippen molar-refractivity contribution in [2.24, 2.45) is 0 Å². The molecule has 1 aromatic carbocycles. The van der Waals surface area contributed by atoms with E-state index in [0.29, 0.717) is 12.3 Å². The second-order valence-corrected chi connectivity index (χ2v) is 6.30. The first kappa shape index (κ1) is 20.3. The number of rotatable bonds is 6. The molecule has 2 atom stereocenters. The Morgan fingerprint density at radius 2 is 2.00 bits per heavy atom. The van der Waals surface area contributed by atoms with E-state index in [9.17, 15) is 13.6 Å². The van der Waals surface area contributed by atoms with Crippen LogP contribution in [0.1, 0.15) is 32.4 Å². The van der Waals surface area contributed by atoms with Crippen LogP contribution in [0.2, 0.25) is 0 Å². The van der Waals surface area contributed by atoms with E-state index in [1.165, 1.54) is 6.07 Å². The van der Waals surface area contributed by atoms with Crippen molar-refractivity contribution in [1.82, 2.24) is 10.2 Å². The topological polar surface area (TPSA) is 50.8 Å². The van der Waals surface area contributed by atoms with Gasteiger partial charge in [0.15, 0.2) is 5.11 Å². The number of hydrogen-bond donors (Lipinski definition) is 1. The Labute approximate surface area is 157 Å². The number of nitrogens with zero attached hydrogens (tertiary/aromatic N) is 1. The number of ether oxygens (including phenoxy) is 2. The fourth-order valence-electron chi connectivity index (χ4n) is 3.08. The van der Waals surface area contributed by atoms with E-state index < -0.39 is 23.6 Å². The number of nitrogens with one attached hydrogen (secondary N) is 1. The van der Waals surface area contributed by atoms with Crippen molar-refractivity contribution in [2.45, 2.75) is 32.9 Å². The van der Waals surface area contributed by atoms with E-state index in [1.807, 2.05) is 6.92 Å². The third-order valence-corrected chi connectivity index (χ3v) is 4.47. The molecule has 0 aliphatic carbocycles. The van der Waals surface area contributed by atoms with Crippen LogP contribution >= 0.6 is 12.2 Å². The molecule has 2 rings (SSSR count). The molecule has 0 aromatic heterocycles. The van der Waals surface area contributed by atoms with Crippen LogP contribution < -0.4 is 5.32 Å². The molecule has 1 aliphatic heterocycles. The zero-order valence-corrected chi connectivity index (χ0v) is 16.0. The van der Waals surface area contributed by atoms with E-state index in [1.54, 1.807) is 25.9 Å². The summed E-state index contributed by atoms with van der Waals surface area (Å²) in [7, 11) is 1.56. The van der Waals surface area contributed by atoms with Crippen LogP contribution in [-0.4, -0.2) is 42.3 Å². The minimum atomic E-state index is -1.08. The van der Waals surface area contributed by atoms with Crippen molar-refractivity contribution in [1.29, 1.82) is 0 Å². The normalized spacial score (nSPS) is 18.6. The fraction of sp³-hybridized carbons (Fsp3) is 0.444. The Balaban J connectivity index is 2.62. The van der Waals surface area contributed by atoms with Gasteiger partial charge >= 0.3 is 5.97 Å². The van der Waals surface area contributed by atoms with Gasteiger partial charge in [-0.05, 0) is 45.1 Å². The molecule has 0 unspecified atom stereocenters. The van der Waals surface area contributed by atoms with E-state index in [2.05, 4.69) is 5.32 Å². The van der Waals surface area contributed by atoms with E-state index in [0.717, 1.165) is 12.1 Å². The molecule has 0 fully saturated rings. The van der Waals surface area contributed by atoms with Crippen molar-refractivity contribution in [3.63, 3.8) is 0 Å². The molecule has 1 heterocycles. The monoisotopic (exact) mass is 384 g/mol. The number of hydrogen-bond acceptors (Lipinski definition) is 4. The molecule has 1 aliphatic rings. The fourth-order valence-corrected chi connectivity index (χ4v) is 3.51. The first-order valence-electron chi connectivity index (χ1n) is 8.23. The van der Waals surface area contributed by atoms with Gasteiger partial charge in [-0.25, -0.2) is 13.6 Å². The van der Waals surface area contributed by atoms with Gasteiger partial charge in [0.2, 0.25) is 0 Å². The lowest BCUT2D eigenvalue weighted by Gasteiger charge is -2.40. The third-order valence-electron chi connectivity index (χ3n) is 4.16. The number of benzene rings is 1. The molecule has 0 amide bonds. The van der Waals surface area contributed by atoms with E-state index >= 15 is 0 Å². The zero-order chi connectivity index (χ0) is 19.4. The number of methoxy groups -OCH3 is 1. The Bertz CT molecular complexity index is 719. The summed E-state index contributed by atoms with van der Waals surface area (Å²) in [6.07, 6.45) is 0. The molecular weight excluding hydrogens is 362 g/mol. The van der Waals surface area contributed by atoms with Crippen LogP contribution in [0.3, 0.4) is 0 Å². The second-order valence-electron chi connectivity index (χ2n) is 5.91. The highest BCUT2D eigenvalue weighted by Gasteiger charge is 2.38.